The highest BCUT2D eigenvalue weighted by atomic mass is 32.2. The van der Waals surface area contributed by atoms with Crippen LogP contribution in [-0.4, -0.2) is 45.6 Å². The molecular formula is C21H19N5O4S. The van der Waals surface area contributed by atoms with Crippen LogP contribution in [0.4, 0.5) is 5.69 Å². The number of aromatic amines is 1. The summed E-state index contributed by atoms with van der Waals surface area (Å²) in [6.45, 7) is 0. The lowest BCUT2D eigenvalue weighted by atomic mass is 10.2. The Morgan fingerprint density at radius 1 is 1.13 bits per heavy atom. The number of H-pyrrole nitrogens is 1. The molecule has 0 saturated heterocycles. The van der Waals surface area contributed by atoms with Gasteiger partial charge in [0.1, 0.15) is 5.39 Å². The number of anilines is 1. The van der Waals surface area contributed by atoms with Crippen molar-refractivity contribution in [2.45, 2.75) is 5.16 Å². The van der Waals surface area contributed by atoms with Crippen LogP contribution in [0.5, 0.6) is 11.5 Å². The Balaban J connectivity index is 1.50. The first-order valence-electron chi connectivity index (χ1n) is 9.27. The minimum Gasteiger partial charge on any atom is -0.493 e. The van der Waals surface area contributed by atoms with E-state index in [0.29, 0.717) is 33.4 Å². The molecule has 0 spiro atoms. The molecule has 0 radical (unpaired) electrons. The first-order chi connectivity index (χ1) is 15.1. The zero-order valence-electron chi connectivity index (χ0n) is 16.8. The van der Waals surface area contributed by atoms with E-state index in [2.05, 4.69) is 20.4 Å². The number of hydrogen-bond acceptors (Lipinski definition) is 7. The van der Waals surface area contributed by atoms with Gasteiger partial charge < -0.3 is 19.8 Å². The molecule has 0 aliphatic carbocycles. The second kappa shape index (κ2) is 8.92. The van der Waals surface area contributed by atoms with Crippen molar-refractivity contribution in [2.24, 2.45) is 0 Å². The van der Waals surface area contributed by atoms with Gasteiger partial charge in [0.2, 0.25) is 5.91 Å². The number of hydrogen-bond donors (Lipinski definition) is 2. The molecule has 158 valence electrons. The number of thioether (sulfide) groups is 1. The van der Waals surface area contributed by atoms with E-state index in [4.69, 9.17) is 9.47 Å². The van der Waals surface area contributed by atoms with Crippen molar-refractivity contribution in [2.75, 3.05) is 25.3 Å². The first kappa shape index (κ1) is 20.5. The van der Waals surface area contributed by atoms with Gasteiger partial charge in [0, 0.05) is 11.8 Å². The van der Waals surface area contributed by atoms with Gasteiger partial charge in [0.15, 0.2) is 22.3 Å². The van der Waals surface area contributed by atoms with E-state index in [9.17, 15) is 9.59 Å². The molecule has 9 nitrogen and oxygen atoms in total. The molecule has 2 aromatic carbocycles. The topological polar surface area (TPSA) is 111 Å². The molecule has 1 amide bonds. The molecule has 31 heavy (non-hydrogen) atoms. The monoisotopic (exact) mass is 437 g/mol. The van der Waals surface area contributed by atoms with Gasteiger partial charge in [0.25, 0.3) is 5.56 Å². The zero-order chi connectivity index (χ0) is 21.8. The van der Waals surface area contributed by atoms with Crippen LogP contribution in [0.1, 0.15) is 0 Å². The summed E-state index contributed by atoms with van der Waals surface area (Å²) in [7, 11) is 3.07. The zero-order valence-corrected chi connectivity index (χ0v) is 17.6. The quantitative estimate of drug-likeness (QED) is 0.338. The number of rotatable bonds is 7. The minimum absolute atomic E-state index is 0.0578. The Morgan fingerprint density at radius 2 is 1.90 bits per heavy atom. The SMILES string of the molecule is COc1ccc(NC(=O)CSc2nc3c(cnn3-c3ccccc3)c(=O)[nH]2)cc1OC. The highest BCUT2D eigenvalue weighted by molar-refractivity contribution is 7.99. The number of amides is 1. The second-order valence-electron chi connectivity index (χ2n) is 6.41. The molecule has 0 atom stereocenters. The number of carbonyl (C=O) groups excluding carboxylic acids is 1. The predicted octanol–water partition coefficient (Wildman–Crippen LogP) is 2.86. The molecule has 2 heterocycles. The number of nitrogens with one attached hydrogen (secondary N) is 2. The van der Waals surface area contributed by atoms with Crippen molar-refractivity contribution in [3.05, 3.63) is 65.1 Å². The molecule has 2 N–H and O–H groups in total. The Labute approximate surface area is 181 Å². The maximum absolute atomic E-state index is 12.4. The van der Waals surface area contributed by atoms with Crippen molar-refractivity contribution < 1.29 is 14.3 Å². The van der Waals surface area contributed by atoms with E-state index in [1.54, 1.807) is 30.0 Å². The van der Waals surface area contributed by atoms with Gasteiger partial charge in [-0.15, -0.1) is 0 Å². The van der Waals surface area contributed by atoms with Gasteiger partial charge in [-0.2, -0.15) is 5.10 Å². The minimum atomic E-state index is -0.310. The molecule has 4 rings (SSSR count). The van der Waals surface area contributed by atoms with Gasteiger partial charge in [-0.1, -0.05) is 30.0 Å². The van der Waals surface area contributed by atoms with Crippen LogP contribution < -0.4 is 20.3 Å². The number of benzene rings is 2. The van der Waals surface area contributed by atoms with Crippen LogP contribution in [-0.2, 0) is 4.79 Å². The number of ether oxygens (including phenoxy) is 2. The summed E-state index contributed by atoms with van der Waals surface area (Å²) in [5.74, 6) is 0.887. The molecule has 0 fully saturated rings. The van der Waals surface area contributed by atoms with E-state index in [0.717, 1.165) is 17.4 Å². The number of methoxy groups -OCH3 is 2. The predicted molar refractivity (Wildman–Crippen MR) is 118 cm³/mol. The summed E-state index contributed by atoms with van der Waals surface area (Å²) in [6.07, 6.45) is 1.48. The maximum Gasteiger partial charge on any atom is 0.262 e. The van der Waals surface area contributed by atoms with Gasteiger partial charge in [0.05, 0.1) is 31.9 Å². The summed E-state index contributed by atoms with van der Waals surface area (Å²) in [6, 6.07) is 14.5. The Hall–Kier alpha value is -3.79. The standard InChI is InChI=1S/C21H19N5O4S/c1-29-16-9-8-13(10-17(16)30-2)23-18(27)12-31-21-24-19-15(20(28)25-21)11-22-26(19)14-6-4-3-5-7-14/h3-11H,12H2,1-2H3,(H,23,27)(H,24,25,28). The van der Waals surface area contributed by atoms with E-state index in [1.165, 1.54) is 13.3 Å². The van der Waals surface area contributed by atoms with Crippen molar-refractivity contribution in [3.8, 4) is 17.2 Å². The number of aromatic nitrogens is 4. The van der Waals surface area contributed by atoms with Crippen molar-refractivity contribution in [1.29, 1.82) is 0 Å². The van der Waals surface area contributed by atoms with E-state index in [-0.39, 0.29) is 17.2 Å². The van der Waals surface area contributed by atoms with Gasteiger partial charge in [-0.05, 0) is 24.3 Å². The Kier molecular flexibility index (Phi) is 5.89. The summed E-state index contributed by atoms with van der Waals surface area (Å²) < 4.78 is 12.0. The molecule has 0 aliphatic rings. The first-order valence-corrected chi connectivity index (χ1v) is 10.3. The average molecular weight is 437 g/mol. The molecular weight excluding hydrogens is 418 g/mol. The third-order valence-electron chi connectivity index (χ3n) is 4.42. The summed E-state index contributed by atoms with van der Waals surface area (Å²) in [5.41, 5.74) is 1.48. The van der Waals surface area contributed by atoms with Gasteiger partial charge in [-0.25, -0.2) is 9.67 Å². The van der Waals surface area contributed by atoms with Crippen LogP contribution in [0.25, 0.3) is 16.7 Å². The molecule has 0 bridgehead atoms. The van der Waals surface area contributed by atoms with Crippen molar-refractivity contribution in [1.82, 2.24) is 19.7 Å². The highest BCUT2D eigenvalue weighted by Gasteiger charge is 2.13. The fourth-order valence-corrected chi connectivity index (χ4v) is 3.63. The molecule has 10 heteroatoms. The number of para-hydroxylation sites is 1. The van der Waals surface area contributed by atoms with E-state index in [1.807, 2.05) is 30.3 Å². The lowest BCUT2D eigenvalue weighted by molar-refractivity contribution is -0.113. The fourth-order valence-electron chi connectivity index (χ4n) is 2.97. The number of nitrogens with zero attached hydrogens (tertiary/aromatic N) is 3. The van der Waals surface area contributed by atoms with Crippen LogP contribution in [0, 0.1) is 0 Å². The average Bonchev–Trinajstić information content (AvgIpc) is 3.23. The van der Waals surface area contributed by atoms with Gasteiger partial charge >= 0.3 is 0 Å². The van der Waals surface area contributed by atoms with Crippen molar-refractivity contribution >= 4 is 34.4 Å². The lowest BCUT2D eigenvalue weighted by Crippen LogP contribution is -2.15. The Morgan fingerprint density at radius 3 is 2.65 bits per heavy atom. The summed E-state index contributed by atoms with van der Waals surface area (Å²) >= 11 is 1.13. The van der Waals surface area contributed by atoms with Crippen LogP contribution in [0.3, 0.4) is 0 Å². The lowest BCUT2D eigenvalue weighted by Gasteiger charge is -2.10. The smallest absolute Gasteiger partial charge is 0.262 e. The molecule has 0 saturated carbocycles. The normalized spacial score (nSPS) is 10.8. The second-order valence-corrected chi connectivity index (χ2v) is 7.37. The molecule has 2 aromatic heterocycles. The molecule has 0 aliphatic heterocycles. The third-order valence-corrected chi connectivity index (χ3v) is 5.30. The highest BCUT2D eigenvalue weighted by Crippen LogP contribution is 2.29. The number of carbonyl (C=O) groups is 1. The van der Waals surface area contributed by atoms with Crippen molar-refractivity contribution in [3.63, 3.8) is 0 Å². The number of fused-ring (bicyclic) bond motifs is 1. The van der Waals surface area contributed by atoms with Crippen LogP contribution in [0.2, 0.25) is 0 Å². The third kappa shape index (κ3) is 4.38. The summed E-state index contributed by atoms with van der Waals surface area (Å²) in [4.78, 5) is 32.0. The van der Waals surface area contributed by atoms with Crippen LogP contribution in [0.15, 0.2) is 64.7 Å². The molecule has 0 unspecified atom stereocenters. The van der Waals surface area contributed by atoms with E-state index < -0.39 is 0 Å². The largest absolute Gasteiger partial charge is 0.493 e. The fraction of sp³-hybridized carbons (Fsp3) is 0.143. The molecule has 4 aromatic rings. The maximum atomic E-state index is 12.4. The van der Waals surface area contributed by atoms with E-state index >= 15 is 0 Å². The van der Waals surface area contributed by atoms with Crippen LogP contribution >= 0.6 is 11.8 Å². The Bertz CT molecular complexity index is 1290. The summed E-state index contributed by atoms with van der Waals surface area (Å²) in [5, 5.41) is 7.77. The van der Waals surface area contributed by atoms with Gasteiger partial charge in [-0.3, -0.25) is 9.59 Å².